The van der Waals surface area contributed by atoms with Crippen LogP contribution in [0.2, 0.25) is 0 Å². The first-order valence-corrected chi connectivity index (χ1v) is 11.7. The number of nitrogens with zero attached hydrogens (tertiary/aromatic N) is 2. The van der Waals surface area contributed by atoms with E-state index in [0.717, 1.165) is 37.1 Å². The molecular formula is C24H37N3O2. The molecule has 0 amide bonds. The van der Waals surface area contributed by atoms with Gasteiger partial charge in [-0.05, 0) is 43.2 Å². The first-order valence-electron chi connectivity index (χ1n) is 11.7. The van der Waals surface area contributed by atoms with E-state index in [2.05, 4.69) is 16.8 Å². The molecule has 29 heavy (non-hydrogen) atoms. The van der Waals surface area contributed by atoms with Crippen LogP contribution in [0, 0.1) is 11.3 Å². The predicted octanol–water partition coefficient (Wildman–Crippen LogP) is 4.33. The summed E-state index contributed by atoms with van der Waals surface area (Å²) in [6, 6.07) is 7.96. The Kier molecular flexibility index (Phi) is 6.45. The van der Waals surface area contributed by atoms with Crippen molar-refractivity contribution in [3.05, 3.63) is 34.7 Å². The Hall–Kier alpha value is -1.59. The molecule has 160 valence electrons. The van der Waals surface area contributed by atoms with Crippen LogP contribution < -0.4 is 5.69 Å². The maximum Gasteiger partial charge on any atom is 0.326 e. The van der Waals surface area contributed by atoms with Gasteiger partial charge < -0.3 is 15.0 Å². The lowest BCUT2D eigenvalue weighted by molar-refractivity contribution is 0.0365. The number of hydrogen-bond donors (Lipinski definition) is 2. The third-order valence-electron chi connectivity index (χ3n) is 7.69. The van der Waals surface area contributed by atoms with E-state index < -0.39 is 0 Å². The first kappa shape index (κ1) is 20.7. The van der Waals surface area contributed by atoms with Crippen molar-refractivity contribution >= 4 is 11.0 Å². The topological polar surface area (TPSA) is 61.3 Å². The molecule has 5 heteroatoms. The standard InChI is InChI=1S/C24H37N3O2/c1-2-24(13-8-4-3-5-9-14-24)18-26-15-12-21(19(16-26)17-28)27-22-11-7-6-10-20(22)25-23(27)29/h6-7,10-11,19,21,28H,2-5,8-9,12-18H2,1H3,(H,25,29). The van der Waals surface area contributed by atoms with Gasteiger partial charge in [0.2, 0.25) is 0 Å². The molecule has 5 nitrogen and oxygen atoms in total. The summed E-state index contributed by atoms with van der Waals surface area (Å²) < 4.78 is 1.90. The highest BCUT2D eigenvalue weighted by atomic mass is 16.3. The van der Waals surface area contributed by atoms with Crippen LogP contribution >= 0.6 is 0 Å². The van der Waals surface area contributed by atoms with Crippen molar-refractivity contribution in [1.29, 1.82) is 0 Å². The van der Waals surface area contributed by atoms with E-state index in [0.29, 0.717) is 5.41 Å². The molecule has 1 aliphatic heterocycles. The molecule has 0 bridgehead atoms. The highest BCUT2D eigenvalue weighted by Crippen LogP contribution is 2.39. The minimum absolute atomic E-state index is 0.0480. The number of fused-ring (bicyclic) bond motifs is 1. The molecule has 1 aromatic carbocycles. The molecule has 1 aromatic heterocycles. The molecule has 0 spiro atoms. The SMILES string of the molecule is CCC1(CN2CCC(n3c(=O)[nH]c4ccccc43)C(CO)C2)CCCCCCC1. The van der Waals surface area contributed by atoms with Gasteiger partial charge in [-0.15, -0.1) is 0 Å². The van der Waals surface area contributed by atoms with Crippen molar-refractivity contribution in [3.63, 3.8) is 0 Å². The average Bonchev–Trinajstić information content (AvgIpc) is 3.05. The first-order chi connectivity index (χ1) is 14.2. The quantitative estimate of drug-likeness (QED) is 0.787. The number of nitrogens with one attached hydrogen (secondary N) is 1. The van der Waals surface area contributed by atoms with Crippen molar-refractivity contribution < 1.29 is 5.11 Å². The number of piperidine rings is 1. The van der Waals surface area contributed by atoms with Crippen LogP contribution in [0.3, 0.4) is 0 Å². The number of rotatable bonds is 5. The minimum Gasteiger partial charge on any atom is -0.396 e. The summed E-state index contributed by atoms with van der Waals surface area (Å²) >= 11 is 0. The van der Waals surface area contributed by atoms with E-state index in [1.165, 1.54) is 51.4 Å². The van der Waals surface area contributed by atoms with Crippen molar-refractivity contribution in [3.8, 4) is 0 Å². The summed E-state index contributed by atoms with van der Waals surface area (Å²) in [5.41, 5.74) is 2.23. The second kappa shape index (κ2) is 9.05. The van der Waals surface area contributed by atoms with E-state index >= 15 is 0 Å². The molecule has 1 saturated heterocycles. The van der Waals surface area contributed by atoms with Gasteiger partial charge in [0.15, 0.2) is 0 Å². The van der Waals surface area contributed by atoms with E-state index in [1.54, 1.807) is 0 Å². The summed E-state index contributed by atoms with van der Waals surface area (Å²) in [7, 11) is 0. The van der Waals surface area contributed by atoms with Crippen molar-refractivity contribution in [2.75, 3.05) is 26.2 Å². The zero-order valence-corrected chi connectivity index (χ0v) is 17.9. The summed E-state index contributed by atoms with van der Waals surface area (Å²) in [6.07, 6.45) is 11.7. The summed E-state index contributed by atoms with van der Waals surface area (Å²) in [5.74, 6) is 0.100. The normalized spacial score (nSPS) is 26.3. The van der Waals surface area contributed by atoms with Crippen LogP contribution in [0.4, 0.5) is 0 Å². The molecule has 2 unspecified atom stereocenters. The molecule has 2 N–H and O–H groups in total. The van der Waals surface area contributed by atoms with Gasteiger partial charge in [0.05, 0.1) is 11.0 Å². The molecular weight excluding hydrogens is 362 g/mol. The molecule has 1 saturated carbocycles. The highest BCUT2D eigenvalue weighted by Gasteiger charge is 2.36. The zero-order chi connectivity index (χ0) is 20.3. The second-order valence-electron chi connectivity index (χ2n) is 9.47. The fourth-order valence-corrected chi connectivity index (χ4v) is 5.91. The van der Waals surface area contributed by atoms with Crippen molar-refractivity contribution in [1.82, 2.24) is 14.5 Å². The van der Waals surface area contributed by atoms with Crippen molar-refractivity contribution in [2.24, 2.45) is 11.3 Å². The van der Waals surface area contributed by atoms with Crippen LogP contribution in [0.25, 0.3) is 11.0 Å². The fourth-order valence-electron chi connectivity index (χ4n) is 5.91. The lowest BCUT2D eigenvalue weighted by Gasteiger charge is -2.44. The van der Waals surface area contributed by atoms with E-state index in [1.807, 2.05) is 28.8 Å². The Morgan fingerprint density at radius 2 is 1.86 bits per heavy atom. The number of para-hydroxylation sites is 2. The summed E-state index contributed by atoms with van der Waals surface area (Å²) in [4.78, 5) is 18.2. The number of H-pyrrole nitrogens is 1. The number of aromatic amines is 1. The molecule has 0 radical (unpaired) electrons. The van der Waals surface area contributed by atoms with E-state index in [9.17, 15) is 9.90 Å². The minimum atomic E-state index is -0.0480. The van der Waals surface area contributed by atoms with Crippen molar-refractivity contribution in [2.45, 2.75) is 70.8 Å². The van der Waals surface area contributed by atoms with Gasteiger partial charge in [0.25, 0.3) is 0 Å². The maximum absolute atomic E-state index is 12.7. The maximum atomic E-state index is 12.7. The molecule has 2 aliphatic rings. The van der Waals surface area contributed by atoms with Gasteiger partial charge in [-0.1, -0.05) is 51.2 Å². The molecule has 1 aliphatic carbocycles. The molecule has 2 atom stereocenters. The number of aliphatic hydroxyl groups excluding tert-OH is 1. The number of hydrogen-bond acceptors (Lipinski definition) is 3. The monoisotopic (exact) mass is 399 g/mol. The largest absolute Gasteiger partial charge is 0.396 e. The van der Waals surface area contributed by atoms with Gasteiger partial charge in [0, 0.05) is 38.2 Å². The fraction of sp³-hybridized carbons (Fsp3) is 0.708. The molecule has 2 aromatic rings. The van der Waals surface area contributed by atoms with Crippen LogP contribution in [-0.4, -0.2) is 45.8 Å². The lowest BCUT2D eigenvalue weighted by atomic mass is 9.73. The van der Waals surface area contributed by atoms with Gasteiger partial charge >= 0.3 is 5.69 Å². The van der Waals surface area contributed by atoms with Gasteiger partial charge in [-0.25, -0.2) is 4.79 Å². The van der Waals surface area contributed by atoms with Gasteiger partial charge in [0.1, 0.15) is 0 Å². The highest BCUT2D eigenvalue weighted by molar-refractivity contribution is 5.75. The third-order valence-corrected chi connectivity index (χ3v) is 7.69. The lowest BCUT2D eigenvalue weighted by Crippen LogP contribution is -2.48. The Balaban J connectivity index is 1.51. The Morgan fingerprint density at radius 1 is 1.14 bits per heavy atom. The number of aromatic nitrogens is 2. The zero-order valence-electron chi connectivity index (χ0n) is 17.9. The summed E-state index contributed by atoms with van der Waals surface area (Å²) in [6.45, 7) is 5.54. The van der Waals surface area contributed by atoms with Crippen LogP contribution in [0.1, 0.15) is 70.8 Å². The van der Waals surface area contributed by atoms with E-state index in [-0.39, 0.29) is 24.3 Å². The third kappa shape index (κ3) is 4.31. The molecule has 4 rings (SSSR count). The van der Waals surface area contributed by atoms with Gasteiger partial charge in [-0.3, -0.25) is 4.57 Å². The Labute approximate surface area is 174 Å². The number of benzene rings is 1. The number of aliphatic hydroxyl groups is 1. The second-order valence-corrected chi connectivity index (χ2v) is 9.47. The predicted molar refractivity (Wildman–Crippen MR) is 118 cm³/mol. The summed E-state index contributed by atoms with van der Waals surface area (Å²) in [5, 5.41) is 10.2. The molecule has 2 heterocycles. The van der Waals surface area contributed by atoms with Crippen LogP contribution in [0.15, 0.2) is 29.1 Å². The molecule has 2 fully saturated rings. The Bertz CT molecular complexity index is 847. The smallest absolute Gasteiger partial charge is 0.326 e. The number of likely N-dealkylation sites (tertiary alicyclic amines) is 1. The van der Waals surface area contributed by atoms with Crippen LogP contribution in [-0.2, 0) is 0 Å². The van der Waals surface area contributed by atoms with E-state index in [4.69, 9.17) is 0 Å². The number of imidazole rings is 1. The van der Waals surface area contributed by atoms with Gasteiger partial charge in [-0.2, -0.15) is 0 Å². The Morgan fingerprint density at radius 3 is 2.59 bits per heavy atom. The average molecular weight is 400 g/mol. The van der Waals surface area contributed by atoms with Crippen LogP contribution in [0.5, 0.6) is 0 Å².